The first-order chi connectivity index (χ1) is 6.07. The van der Waals surface area contributed by atoms with Crippen molar-refractivity contribution in [1.82, 2.24) is 0 Å². The van der Waals surface area contributed by atoms with E-state index in [2.05, 4.69) is 13.5 Å². The molecular weight excluding hydrogens is 164 g/mol. The Morgan fingerprint density at radius 2 is 2.08 bits per heavy atom. The molecule has 2 nitrogen and oxygen atoms in total. The fourth-order valence-corrected chi connectivity index (χ4v) is 1.13. The van der Waals surface area contributed by atoms with E-state index in [9.17, 15) is 4.79 Å². The summed E-state index contributed by atoms with van der Waals surface area (Å²) in [6.45, 7) is 7.77. The summed E-state index contributed by atoms with van der Waals surface area (Å²) in [5.41, 5.74) is 1.27. The van der Waals surface area contributed by atoms with E-state index in [4.69, 9.17) is 5.11 Å². The van der Waals surface area contributed by atoms with Crippen LogP contribution in [0.15, 0.2) is 12.2 Å². The monoisotopic (exact) mass is 184 g/mol. The zero-order valence-electron chi connectivity index (χ0n) is 8.68. The van der Waals surface area contributed by atoms with Crippen molar-refractivity contribution in [1.29, 1.82) is 0 Å². The van der Waals surface area contributed by atoms with E-state index in [1.807, 2.05) is 0 Å². The number of carboxylic acid groups (broad SMARTS) is 1. The molecule has 0 aliphatic carbocycles. The van der Waals surface area contributed by atoms with Crippen LogP contribution in [0.25, 0.3) is 0 Å². The average molecular weight is 184 g/mol. The van der Waals surface area contributed by atoms with Crippen LogP contribution in [0.4, 0.5) is 0 Å². The van der Waals surface area contributed by atoms with Gasteiger partial charge in [-0.25, -0.2) is 0 Å². The zero-order valence-corrected chi connectivity index (χ0v) is 8.68. The maximum Gasteiger partial charge on any atom is 0.306 e. The minimum Gasteiger partial charge on any atom is -0.481 e. The van der Waals surface area contributed by atoms with E-state index in [1.54, 1.807) is 6.92 Å². The van der Waals surface area contributed by atoms with Crippen LogP contribution in [0.2, 0.25) is 0 Å². The number of rotatable bonds is 7. The molecule has 1 N–H and O–H groups in total. The van der Waals surface area contributed by atoms with Gasteiger partial charge >= 0.3 is 5.97 Å². The first-order valence-electron chi connectivity index (χ1n) is 4.97. The van der Waals surface area contributed by atoms with Gasteiger partial charge in [0.1, 0.15) is 0 Å². The number of carboxylic acids is 1. The third kappa shape index (κ3) is 6.38. The third-order valence-electron chi connectivity index (χ3n) is 2.34. The quantitative estimate of drug-likeness (QED) is 0.487. The van der Waals surface area contributed by atoms with Crippen LogP contribution in [-0.2, 0) is 4.79 Å². The third-order valence-corrected chi connectivity index (χ3v) is 2.34. The van der Waals surface area contributed by atoms with Gasteiger partial charge in [0, 0.05) is 0 Å². The van der Waals surface area contributed by atoms with Gasteiger partial charge in [-0.15, -0.1) is 0 Å². The summed E-state index contributed by atoms with van der Waals surface area (Å²) in [7, 11) is 0. The van der Waals surface area contributed by atoms with Gasteiger partial charge in [0.2, 0.25) is 0 Å². The van der Waals surface area contributed by atoms with E-state index in [1.165, 1.54) is 5.57 Å². The highest BCUT2D eigenvalue weighted by Crippen LogP contribution is 2.13. The molecule has 0 saturated carbocycles. The number of aliphatic carboxylic acids is 1. The summed E-state index contributed by atoms with van der Waals surface area (Å²) in [6.07, 6.45) is 4.93. The largest absolute Gasteiger partial charge is 0.481 e. The van der Waals surface area contributed by atoms with Crippen LogP contribution < -0.4 is 0 Å². The first-order valence-corrected chi connectivity index (χ1v) is 4.97. The summed E-state index contributed by atoms with van der Waals surface area (Å²) in [5, 5.41) is 8.62. The molecule has 0 radical (unpaired) electrons. The maximum absolute atomic E-state index is 10.5. The molecule has 0 aromatic heterocycles. The van der Waals surface area contributed by atoms with Crippen molar-refractivity contribution in [2.45, 2.75) is 46.0 Å². The molecule has 13 heavy (non-hydrogen) atoms. The number of hydrogen-bond acceptors (Lipinski definition) is 1. The van der Waals surface area contributed by atoms with E-state index >= 15 is 0 Å². The summed E-state index contributed by atoms with van der Waals surface area (Å²) in [5.74, 6) is -0.885. The Bertz CT molecular complexity index is 173. The predicted octanol–water partition coefficient (Wildman–Crippen LogP) is 3.23. The van der Waals surface area contributed by atoms with E-state index in [0.717, 1.165) is 32.1 Å². The predicted molar refractivity (Wildman–Crippen MR) is 54.7 cm³/mol. The SMILES string of the molecule is C=C(CC)CCCCC(C)C(=O)O. The molecule has 0 rings (SSSR count). The van der Waals surface area contributed by atoms with Crippen molar-refractivity contribution in [3.63, 3.8) is 0 Å². The number of hydrogen-bond donors (Lipinski definition) is 1. The van der Waals surface area contributed by atoms with Crippen molar-refractivity contribution >= 4 is 5.97 Å². The lowest BCUT2D eigenvalue weighted by atomic mass is 10.0. The summed E-state index contributed by atoms with van der Waals surface area (Å²) < 4.78 is 0. The molecule has 0 heterocycles. The second-order valence-corrected chi connectivity index (χ2v) is 3.59. The Hall–Kier alpha value is -0.790. The Kier molecular flexibility index (Phi) is 6.29. The molecule has 0 aliphatic heterocycles. The topological polar surface area (TPSA) is 37.3 Å². The number of allylic oxidation sites excluding steroid dienone is 1. The summed E-state index contributed by atoms with van der Waals surface area (Å²) >= 11 is 0. The minimum absolute atomic E-state index is 0.199. The molecule has 0 bridgehead atoms. The lowest BCUT2D eigenvalue weighted by molar-refractivity contribution is -0.141. The Morgan fingerprint density at radius 3 is 2.54 bits per heavy atom. The van der Waals surface area contributed by atoms with Crippen molar-refractivity contribution in [2.75, 3.05) is 0 Å². The van der Waals surface area contributed by atoms with Gasteiger partial charge in [-0.2, -0.15) is 0 Å². The van der Waals surface area contributed by atoms with Gasteiger partial charge in [0.15, 0.2) is 0 Å². The van der Waals surface area contributed by atoms with Crippen LogP contribution in [0.3, 0.4) is 0 Å². The molecule has 0 fully saturated rings. The smallest absolute Gasteiger partial charge is 0.306 e. The Morgan fingerprint density at radius 1 is 1.46 bits per heavy atom. The summed E-state index contributed by atoms with van der Waals surface area (Å²) in [4.78, 5) is 10.5. The second-order valence-electron chi connectivity index (χ2n) is 3.59. The normalized spacial score (nSPS) is 12.5. The molecule has 0 saturated heterocycles. The van der Waals surface area contributed by atoms with Gasteiger partial charge in [0.05, 0.1) is 5.92 Å². The molecule has 0 aliphatic rings. The highest BCUT2D eigenvalue weighted by Gasteiger charge is 2.09. The van der Waals surface area contributed by atoms with E-state index in [-0.39, 0.29) is 5.92 Å². The van der Waals surface area contributed by atoms with Crippen molar-refractivity contribution in [2.24, 2.45) is 5.92 Å². The van der Waals surface area contributed by atoms with Gasteiger partial charge in [0.25, 0.3) is 0 Å². The fraction of sp³-hybridized carbons (Fsp3) is 0.727. The second kappa shape index (κ2) is 6.70. The van der Waals surface area contributed by atoms with Gasteiger partial charge < -0.3 is 5.11 Å². The molecule has 0 amide bonds. The van der Waals surface area contributed by atoms with Crippen molar-refractivity contribution in [3.05, 3.63) is 12.2 Å². The van der Waals surface area contributed by atoms with Gasteiger partial charge in [-0.1, -0.05) is 32.4 Å². The molecule has 76 valence electrons. The Balaban J connectivity index is 3.35. The lowest BCUT2D eigenvalue weighted by Crippen LogP contribution is -2.08. The standard InChI is InChI=1S/C11H20O2/c1-4-9(2)7-5-6-8-10(3)11(12)13/h10H,2,4-8H2,1,3H3,(H,12,13). The van der Waals surface area contributed by atoms with Crippen molar-refractivity contribution < 1.29 is 9.90 Å². The maximum atomic E-state index is 10.5. The first kappa shape index (κ1) is 12.2. The fourth-order valence-electron chi connectivity index (χ4n) is 1.13. The minimum atomic E-state index is -0.686. The average Bonchev–Trinajstić information content (AvgIpc) is 2.11. The molecule has 0 aromatic carbocycles. The van der Waals surface area contributed by atoms with Crippen molar-refractivity contribution in [3.8, 4) is 0 Å². The van der Waals surface area contributed by atoms with Crippen LogP contribution >= 0.6 is 0 Å². The van der Waals surface area contributed by atoms with Crippen LogP contribution in [0.1, 0.15) is 46.0 Å². The number of unbranched alkanes of at least 4 members (excludes halogenated alkanes) is 1. The highest BCUT2D eigenvalue weighted by atomic mass is 16.4. The molecule has 0 aromatic rings. The highest BCUT2D eigenvalue weighted by molar-refractivity contribution is 5.69. The zero-order chi connectivity index (χ0) is 10.3. The van der Waals surface area contributed by atoms with Crippen LogP contribution in [0, 0.1) is 5.92 Å². The molecule has 2 heteroatoms. The Labute approximate surface area is 80.7 Å². The van der Waals surface area contributed by atoms with E-state index < -0.39 is 5.97 Å². The molecule has 1 atom stereocenters. The van der Waals surface area contributed by atoms with E-state index in [0.29, 0.717) is 0 Å². The molecular formula is C11H20O2. The molecule has 0 spiro atoms. The molecule has 1 unspecified atom stereocenters. The van der Waals surface area contributed by atoms with Gasteiger partial charge in [-0.3, -0.25) is 4.79 Å². The van der Waals surface area contributed by atoms with Gasteiger partial charge in [-0.05, 0) is 25.7 Å². The van der Waals surface area contributed by atoms with Crippen LogP contribution in [0.5, 0.6) is 0 Å². The van der Waals surface area contributed by atoms with Crippen LogP contribution in [-0.4, -0.2) is 11.1 Å². The number of carbonyl (C=O) groups is 1. The summed E-state index contributed by atoms with van der Waals surface area (Å²) in [6, 6.07) is 0. The lowest BCUT2D eigenvalue weighted by Gasteiger charge is -2.05.